The van der Waals surface area contributed by atoms with E-state index in [2.05, 4.69) is 10.2 Å². The van der Waals surface area contributed by atoms with Crippen molar-refractivity contribution >= 4 is 6.29 Å². The minimum Gasteiger partial charge on any atom is -0.376 e. The van der Waals surface area contributed by atoms with Crippen LogP contribution in [0.1, 0.15) is 21.6 Å². The molecule has 0 atom stereocenters. The average Bonchev–Trinajstić information content (AvgIpc) is 2.82. The minimum absolute atomic E-state index is 0.0550. The first-order chi connectivity index (χ1) is 8.79. The lowest BCUT2D eigenvalue weighted by molar-refractivity contribution is 0.110. The molecule has 0 saturated heterocycles. The van der Waals surface area contributed by atoms with Gasteiger partial charge in [-0.15, -0.1) is 0 Å². The van der Waals surface area contributed by atoms with Crippen molar-refractivity contribution < 1.29 is 13.9 Å². The molecule has 0 fully saturated rings. The van der Waals surface area contributed by atoms with E-state index in [0.29, 0.717) is 30.8 Å². The van der Waals surface area contributed by atoms with Crippen LogP contribution in [0.3, 0.4) is 0 Å². The molecule has 92 valence electrons. The molecule has 0 bridgehead atoms. The Bertz CT molecular complexity index is 607. The summed E-state index contributed by atoms with van der Waals surface area (Å²) in [6.07, 6.45) is 1.29. The summed E-state index contributed by atoms with van der Waals surface area (Å²) in [5.41, 5.74) is 3.41. The molecule has 1 N–H and O–H groups in total. The Morgan fingerprint density at radius 1 is 1.44 bits per heavy atom. The second-order valence-electron chi connectivity index (χ2n) is 4.19. The number of ether oxygens (including phenoxy) is 1. The summed E-state index contributed by atoms with van der Waals surface area (Å²) in [6, 6.07) is 4.48. The maximum absolute atomic E-state index is 13.6. The summed E-state index contributed by atoms with van der Waals surface area (Å²) < 4.78 is 19.0. The molecule has 18 heavy (non-hydrogen) atoms. The third kappa shape index (κ3) is 1.73. The largest absolute Gasteiger partial charge is 0.376 e. The fourth-order valence-corrected chi connectivity index (χ4v) is 2.12. The van der Waals surface area contributed by atoms with Gasteiger partial charge in [0.15, 0.2) is 6.29 Å². The van der Waals surface area contributed by atoms with Crippen molar-refractivity contribution in [2.24, 2.45) is 0 Å². The standard InChI is InChI=1S/C13H11FN2O2/c14-11-5-8(1-2-9(11)6-17)13-10-7-18-4-3-12(10)15-16-13/h1-2,5-6H,3-4,7H2,(H,15,16). The zero-order chi connectivity index (χ0) is 12.5. The van der Waals surface area contributed by atoms with E-state index >= 15 is 0 Å². The molecule has 2 heterocycles. The number of rotatable bonds is 2. The van der Waals surface area contributed by atoms with Gasteiger partial charge in [-0.1, -0.05) is 6.07 Å². The molecular formula is C13H11FN2O2. The number of aldehydes is 1. The van der Waals surface area contributed by atoms with Gasteiger partial charge in [0.2, 0.25) is 0 Å². The number of hydrogen-bond acceptors (Lipinski definition) is 3. The first-order valence-corrected chi connectivity index (χ1v) is 5.68. The van der Waals surface area contributed by atoms with Gasteiger partial charge in [0.05, 0.1) is 24.5 Å². The van der Waals surface area contributed by atoms with Crippen molar-refractivity contribution in [1.29, 1.82) is 0 Å². The van der Waals surface area contributed by atoms with Gasteiger partial charge in [-0.3, -0.25) is 9.89 Å². The number of carbonyl (C=O) groups excluding carboxylic acids is 1. The highest BCUT2D eigenvalue weighted by atomic mass is 19.1. The molecule has 0 amide bonds. The molecule has 0 spiro atoms. The fourth-order valence-electron chi connectivity index (χ4n) is 2.12. The molecule has 0 aliphatic carbocycles. The topological polar surface area (TPSA) is 55.0 Å². The van der Waals surface area contributed by atoms with Crippen LogP contribution in [0.4, 0.5) is 4.39 Å². The van der Waals surface area contributed by atoms with E-state index < -0.39 is 5.82 Å². The number of carbonyl (C=O) groups is 1. The maximum atomic E-state index is 13.6. The van der Waals surface area contributed by atoms with Crippen LogP contribution in [-0.2, 0) is 17.8 Å². The van der Waals surface area contributed by atoms with E-state index in [-0.39, 0.29) is 5.56 Å². The van der Waals surface area contributed by atoms with Gasteiger partial charge >= 0.3 is 0 Å². The SMILES string of the molecule is O=Cc1ccc(-c2n[nH]c3c2COCC3)cc1F. The molecule has 5 heteroatoms. The van der Waals surface area contributed by atoms with Crippen molar-refractivity contribution in [2.45, 2.75) is 13.0 Å². The van der Waals surface area contributed by atoms with E-state index in [9.17, 15) is 9.18 Å². The normalized spacial score (nSPS) is 14.3. The van der Waals surface area contributed by atoms with E-state index in [4.69, 9.17) is 4.74 Å². The van der Waals surface area contributed by atoms with Gasteiger partial charge < -0.3 is 4.74 Å². The molecule has 0 saturated carbocycles. The van der Waals surface area contributed by atoms with Crippen molar-refractivity contribution in [3.8, 4) is 11.3 Å². The Morgan fingerprint density at radius 2 is 2.33 bits per heavy atom. The molecule has 0 radical (unpaired) electrons. The molecule has 1 aliphatic rings. The number of benzene rings is 1. The molecule has 4 nitrogen and oxygen atoms in total. The minimum atomic E-state index is -0.532. The molecular weight excluding hydrogens is 235 g/mol. The van der Waals surface area contributed by atoms with Gasteiger partial charge in [0, 0.05) is 23.2 Å². The van der Waals surface area contributed by atoms with Gasteiger partial charge in [-0.05, 0) is 12.1 Å². The number of nitrogens with zero attached hydrogens (tertiary/aromatic N) is 1. The predicted molar refractivity (Wildman–Crippen MR) is 62.7 cm³/mol. The Kier molecular flexibility index (Phi) is 2.68. The van der Waals surface area contributed by atoms with Crippen LogP contribution >= 0.6 is 0 Å². The van der Waals surface area contributed by atoms with Gasteiger partial charge in [0.25, 0.3) is 0 Å². The highest BCUT2D eigenvalue weighted by molar-refractivity contribution is 5.77. The number of halogens is 1. The van der Waals surface area contributed by atoms with E-state index in [1.165, 1.54) is 12.1 Å². The van der Waals surface area contributed by atoms with Crippen molar-refractivity contribution in [3.63, 3.8) is 0 Å². The number of hydrogen-bond donors (Lipinski definition) is 1. The molecule has 0 unspecified atom stereocenters. The second-order valence-corrected chi connectivity index (χ2v) is 4.19. The fraction of sp³-hybridized carbons (Fsp3) is 0.231. The van der Waals surface area contributed by atoms with Crippen LogP contribution in [0.2, 0.25) is 0 Å². The van der Waals surface area contributed by atoms with Crippen LogP contribution in [0.25, 0.3) is 11.3 Å². The monoisotopic (exact) mass is 246 g/mol. The summed E-state index contributed by atoms with van der Waals surface area (Å²) in [5.74, 6) is -0.532. The van der Waals surface area contributed by atoms with Crippen LogP contribution in [-0.4, -0.2) is 23.1 Å². The van der Waals surface area contributed by atoms with Crippen molar-refractivity contribution in [2.75, 3.05) is 6.61 Å². The van der Waals surface area contributed by atoms with Crippen LogP contribution < -0.4 is 0 Å². The number of H-pyrrole nitrogens is 1. The number of aromatic nitrogens is 2. The van der Waals surface area contributed by atoms with Crippen molar-refractivity contribution in [3.05, 3.63) is 40.8 Å². The van der Waals surface area contributed by atoms with Crippen LogP contribution in [0, 0.1) is 5.82 Å². The third-order valence-electron chi connectivity index (χ3n) is 3.10. The van der Waals surface area contributed by atoms with Gasteiger partial charge in [-0.25, -0.2) is 4.39 Å². The zero-order valence-corrected chi connectivity index (χ0v) is 9.57. The van der Waals surface area contributed by atoms with Crippen LogP contribution in [0.5, 0.6) is 0 Å². The lowest BCUT2D eigenvalue weighted by atomic mass is 10.0. The first kappa shape index (κ1) is 11.1. The highest BCUT2D eigenvalue weighted by Gasteiger charge is 2.19. The van der Waals surface area contributed by atoms with Crippen molar-refractivity contribution in [1.82, 2.24) is 10.2 Å². The number of aromatic amines is 1. The van der Waals surface area contributed by atoms with E-state index in [1.807, 2.05) is 0 Å². The van der Waals surface area contributed by atoms with Gasteiger partial charge in [0.1, 0.15) is 5.82 Å². The number of fused-ring (bicyclic) bond motifs is 1. The van der Waals surface area contributed by atoms with Gasteiger partial charge in [-0.2, -0.15) is 5.10 Å². The molecule has 3 rings (SSSR count). The summed E-state index contributed by atoms with van der Waals surface area (Å²) >= 11 is 0. The summed E-state index contributed by atoms with van der Waals surface area (Å²) in [6.45, 7) is 1.16. The third-order valence-corrected chi connectivity index (χ3v) is 3.10. The zero-order valence-electron chi connectivity index (χ0n) is 9.57. The smallest absolute Gasteiger partial charge is 0.152 e. The summed E-state index contributed by atoms with van der Waals surface area (Å²) in [7, 11) is 0. The molecule has 1 aliphatic heterocycles. The Morgan fingerprint density at radius 3 is 3.11 bits per heavy atom. The lowest BCUT2D eigenvalue weighted by Crippen LogP contribution is -2.08. The molecule has 2 aromatic rings. The average molecular weight is 246 g/mol. The lowest BCUT2D eigenvalue weighted by Gasteiger charge is -2.12. The second kappa shape index (κ2) is 4.34. The van der Waals surface area contributed by atoms with Crippen LogP contribution in [0.15, 0.2) is 18.2 Å². The molecule has 1 aromatic carbocycles. The first-order valence-electron chi connectivity index (χ1n) is 5.68. The quantitative estimate of drug-likeness (QED) is 0.825. The van der Waals surface area contributed by atoms with E-state index in [1.54, 1.807) is 6.07 Å². The summed E-state index contributed by atoms with van der Waals surface area (Å²) in [5, 5.41) is 7.16. The van der Waals surface area contributed by atoms with E-state index in [0.717, 1.165) is 17.7 Å². The number of nitrogens with one attached hydrogen (secondary N) is 1. The predicted octanol–water partition coefficient (Wildman–Crippen LogP) is 2.10. The Balaban J connectivity index is 2.07. The maximum Gasteiger partial charge on any atom is 0.152 e. The molecule has 1 aromatic heterocycles. The Labute approximate surface area is 103 Å². The highest BCUT2D eigenvalue weighted by Crippen LogP contribution is 2.28. The summed E-state index contributed by atoms with van der Waals surface area (Å²) in [4.78, 5) is 10.6. The Hall–Kier alpha value is -2.01.